The summed E-state index contributed by atoms with van der Waals surface area (Å²) in [7, 11) is -3.13. The van der Waals surface area contributed by atoms with Gasteiger partial charge in [0.05, 0.1) is 23.6 Å². The maximum Gasteiger partial charge on any atom is 0.433 e. The third-order valence-corrected chi connectivity index (χ3v) is 5.47. The highest BCUT2D eigenvalue weighted by atomic mass is 32.2. The predicted octanol–water partition coefficient (Wildman–Crippen LogP) is 6.11. The smallest absolute Gasteiger partial charge is 0.433 e. The quantitative estimate of drug-likeness (QED) is 0.335. The molecule has 0 amide bonds. The van der Waals surface area contributed by atoms with Gasteiger partial charge in [0.1, 0.15) is 34.5 Å². The summed E-state index contributed by atoms with van der Waals surface area (Å²) in [4.78, 5) is 7.35. The van der Waals surface area contributed by atoms with Crippen molar-refractivity contribution in [3.05, 3.63) is 71.8 Å². The molecular weight excluding hydrogens is 467 g/mol. The topological polar surface area (TPSA) is 91.9 Å². The number of nitrogens with zero attached hydrogens (tertiary/aromatic N) is 2. The Labute approximate surface area is 184 Å². The molecular formula is C21H15F5N4O2S. The molecule has 0 saturated heterocycles. The summed E-state index contributed by atoms with van der Waals surface area (Å²) in [5.41, 5.74) is -0.970. The number of fused-ring (bicyclic) bond motifs is 1. The third kappa shape index (κ3) is 4.95. The molecule has 1 atom stereocenters. The van der Waals surface area contributed by atoms with Gasteiger partial charge in [0.25, 0.3) is 0 Å². The second-order valence-electron chi connectivity index (χ2n) is 7.33. The molecule has 3 heterocycles. The Morgan fingerprint density at radius 3 is 2.52 bits per heavy atom. The summed E-state index contributed by atoms with van der Waals surface area (Å²) in [6.45, 7) is 0. The number of nitrogens with one attached hydrogen (secondary N) is 2. The Hall–Kier alpha value is -3.54. The number of furan rings is 1. The minimum absolute atomic E-state index is 0.0134. The number of rotatable bonds is 5. The van der Waals surface area contributed by atoms with Crippen molar-refractivity contribution in [2.75, 3.05) is 11.6 Å². The molecule has 0 aliphatic rings. The molecule has 172 valence electrons. The van der Waals surface area contributed by atoms with Gasteiger partial charge in [-0.3, -0.25) is 4.78 Å². The molecule has 0 aliphatic carbocycles. The van der Waals surface area contributed by atoms with Crippen molar-refractivity contribution in [2.45, 2.75) is 11.9 Å². The average molecular weight is 482 g/mol. The lowest BCUT2D eigenvalue weighted by Gasteiger charge is -2.13. The molecule has 1 aromatic carbocycles. The highest BCUT2D eigenvalue weighted by molar-refractivity contribution is 7.90. The van der Waals surface area contributed by atoms with Crippen molar-refractivity contribution >= 4 is 32.3 Å². The van der Waals surface area contributed by atoms with Gasteiger partial charge < -0.3 is 9.73 Å². The first-order valence-electron chi connectivity index (χ1n) is 9.29. The fraction of sp³-hybridized carbons (Fsp3) is 0.143. The maximum atomic E-state index is 14.6. The van der Waals surface area contributed by atoms with Crippen LogP contribution in [-0.4, -0.2) is 20.4 Å². The molecule has 33 heavy (non-hydrogen) atoms. The number of benzene rings is 1. The van der Waals surface area contributed by atoms with Crippen LogP contribution in [0, 0.1) is 16.4 Å². The number of aromatic nitrogens is 2. The van der Waals surface area contributed by atoms with Crippen molar-refractivity contribution in [2.24, 2.45) is 0 Å². The van der Waals surface area contributed by atoms with Gasteiger partial charge in [-0.1, -0.05) is 0 Å². The van der Waals surface area contributed by atoms with Crippen LogP contribution in [-0.2, 0) is 21.7 Å². The van der Waals surface area contributed by atoms with Crippen LogP contribution in [0.25, 0.3) is 22.1 Å². The van der Waals surface area contributed by atoms with Crippen LogP contribution in [0.1, 0.15) is 11.3 Å². The van der Waals surface area contributed by atoms with Crippen LogP contribution < -0.4 is 5.32 Å². The van der Waals surface area contributed by atoms with E-state index in [1.165, 1.54) is 30.5 Å². The average Bonchev–Trinajstić information content (AvgIpc) is 3.19. The van der Waals surface area contributed by atoms with E-state index in [1.807, 2.05) is 0 Å². The zero-order chi connectivity index (χ0) is 24.0. The molecule has 0 bridgehead atoms. The van der Waals surface area contributed by atoms with E-state index in [9.17, 15) is 26.2 Å². The van der Waals surface area contributed by atoms with E-state index in [-0.39, 0.29) is 39.3 Å². The molecule has 0 aliphatic heterocycles. The molecule has 2 N–H and O–H groups in total. The molecule has 1 unspecified atom stereocenters. The summed E-state index contributed by atoms with van der Waals surface area (Å²) >= 11 is 0. The Morgan fingerprint density at radius 2 is 1.82 bits per heavy atom. The third-order valence-electron chi connectivity index (χ3n) is 4.58. The Balaban J connectivity index is 1.77. The van der Waals surface area contributed by atoms with Gasteiger partial charge in [-0.25, -0.2) is 23.0 Å². The first-order valence-corrected chi connectivity index (χ1v) is 11.4. The lowest BCUT2D eigenvalue weighted by molar-refractivity contribution is -0.141. The number of alkyl halides is 3. The Morgan fingerprint density at radius 1 is 1.06 bits per heavy atom. The number of anilines is 2. The molecule has 12 heteroatoms. The van der Waals surface area contributed by atoms with Gasteiger partial charge >= 0.3 is 6.18 Å². The van der Waals surface area contributed by atoms with E-state index >= 15 is 0 Å². The van der Waals surface area contributed by atoms with Gasteiger partial charge in [0, 0.05) is 27.1 Å². The fourth-order valence-corrected chi connectivity index (χ4v) is 4.09. The number of pyridine rings is 2. The summed E-state index contributed by atoms with van der Waals surface area (Å²) in [6, 6.07) is 7.00. The molecule has 0 radical (unpaired) electrons. The van der Waals surface area contributed by atoms with Gasteiger partial charge in [0.15, 0.2) is 0 Å². The SMILES string of the molecule is CS(=N)(=O)Cc1cc(Nc2cc(-c3ccc(F)c4ccoc34)c(F)cn2)nc(C(F)(F)F)c1. The summed E-state index contributed by atoms with van der Waals surface area (Å²) in [6.07, 6.45) is -1.57. The lowest BCUT2D eigenvalue weighted by atomic mass is 10.0. The molecule has 0 spiro atoms. The predicted molar refractivity (Wildman–Crippen MR) is 112 cm³/mol. The van der Waals surface area contributed by atoms with Crippen LogP contribution in [0.15, 0.2) is 53.3 Å². The van der Waals surface area contributed by atoms with Crippen molar-refractivity contribution in [3.8, 4) is 11.1 Å². The second-order valence-corrected chi connectivity index (χ2v) is 9.62. The summed E-state index contributed by atoms with van der Waals surface area (Å²) in [5.74, 6) is -2.06. The molecule has 6 nitrogen and oxygen atoms in total. The van der Waals surface area contributed by atoms with E-state index < -0.39 is 39.0 Å². The van der Waals surface area contributed by atoms with E-state index in [1.54, 1.807) is 0 Å². The summed E-state index contributed by atoms with van der Waals surface area (Å²) < 4.78 is 93.0. The monoisotopic (exact) mass is 482 g/mol. The molecule has 0 fully saturated rings. The van der Waals surface area contributed by atoms with Crippen molar-refractivity contribution in [1.82, 2.24) is 9.97 Å². The summed E-state index contributed by atoms with van der Waals surface area (Å²) in [5, 5.41) is 2.73. The van der Waals surface area contributed by atoms with Gasteiger partial charge in [-0.15, -0.1) is 0 Å². The van der Waals surface area contributed by atoms with E-state index in [0.717, 1.165) is 24.6 Å². The van der Waals surface area contributed by atoms with Crippen LogP contribution in [0.4, 0.5) is 33.6 Å². The fourth-order valence-electron chi connectivity index (χ4n) is 3.28. The van der Waals surface area contributed by atoms with Crippen molar-refractivity contribution < 1.29 is 30.6 Å². The Kier molecular flexibility index (Phi) is 5.56. The van der Waals surface area contributed by atoms with Crippen molar-refractivity contribution in [3.63, 3.8) is 0 Å². The number of hydrogen-bond acceptors (Lipinski definition) is 6. The van der Waals surface area contributed by atoms with E-state index in [2.05, 4.69) is 15.3 Å². The highest BCUT2D eigenvalue weighted by Gasteiger charge is 2.33. The minimum Gasteiger partial charge on any atom is -0.464 e. The van der Waals surface area contributed by atoms with Crippen molar-refractivity contribution in [1.29, 1.82) is 4.78 Å². The second kappa shape index (κ2) is 8.10. The van der Waals surface area contributed by atoms with Crippen LogP contribution >= 0.6 is 0 Å². The molecule has 0 saturated carbocycles. The van der Waals surface area contributed by atoms with E-state index in [0.29, 0.717) is 0 Å². The van der Waals surface area contributed by atoms with Gasteiger partial charge in [-0.05, 0) is 42.0 Å². The maximum absolute atomic E-state index is 14.6. The molecule has 4 aromatic rings. The zero-order valence-electron chi connectivity index (χ0n) is 16.8. The lowest BCUT2D eigenvalue weighted by Crippen LogP contribution is -2.12. The minimum atomic E-state index is -4.79. The zero-order valence-corrected chi connectivity index (χ0v) is 17.7. The molecule has 3 aromatic heterocycles. The van der Waals surface area contributed by atoms with Gasteiger partial charge in [-0.2, -0.15) is 13.2 Å². The first kappa shape index (κ1) is 22.6. The first-order chi connectivity index (χ1) is 15.4. The standard InChI is InChI=1S/C21H15F5N4O2S/c1-33(27,31)10-11-6-17(21(24,25)26)29-19(7-11)30-18-8-14(16(23)9-28-18)12-2-3-15(22)13-4-5-32-20(12)13/h2-9,27H,10H2,1H3,(H,28,29,30). The van der Waals surface area contributed by atoms with Crippen LogP contribution in [0.5, 0.6) is 0 Å². The highest BCUT2D eigenvalue weighted by Crippen LogP contribution is 2.34. The number of hydrogen-bond donors (Lipinski definition) is 2. The van der Waals surface area contributed by atoms with Gasteiger partial charge in [0.2, 0.25) is 0 Å². The largest absolute Gasteiger partial charge is 0.464 e. The van der Waals surface area contributed by atoms with Crippen LogP contribution in [0.3, 0.4) is 0 Å². The van der Waals surface area contributed by atoms with E-state index in [4.69, 9.17) is 9.20 Å². The molecule has 4 rings (SSSR count). The normalized spacial score (nSPS) is 13.8. The Bertz CT molecular complexity index is 1470. The number of halogens is 5. The van der Waals surface area contributed by atoms with Crippen LogP contribution in [0.2, 0.25) is 0 Å².